The number of hydrogen-bond acceptors (Lipinski definition) is 6. The van der Waals surface area contributed by atoms with Gasteiger partial charge in [0, 0.05) is 5.56 Å². The predicted molar refractivity (Wildman–Crippen MR) is 107 cm³/mol. The van der Waals surface area contributed by atoms with Crippen LogP contribution < -0.4 is 4.74 Å². The Morgan fingerprint density at radius 1 is 1.35 bits per heavy atom. The average Bonchev–Trinajstić information content (AvgIpc) is 3.07. The Morgan fingerprint density at radius 2 is 2.12 bits per heavy atom. The van der Waals surface area contributed by atoms with Gasteiger partial charge in [0.1, 0.15) is 16.2 Å². The Labute approximate surface area is 162 Å². The number of carbonyl (C=O) groups excluding carboxylic acids is 1. The first-order valence-corrected chi connectivity index (χ1v) is 11.3. The third kappa shape index (κ3) is 3.21. The Hall–Kier alpha value is -1.64. The summed E-state index contributed by atoms with van der Waals surface area (Å²) in [6, 6.07) is 7.38. The van der Waals surface area contributed by atoms with Crippen molar-refractivity contribution in [2.24, 2.45) is 0 Å². The zero-order valence-electron chi connectivity index (χ0n) is 14.0. The SMILES string of the molecule is CC1Oc2ccccc2C=C1C=C1SC(=S)N(C2CCS(=O)(=O)C2)C1=O. The van der Waals surface area contributed by atoms with Crippen LogP contribution in [0.15, 0.2) is 40.8 Å². The van der Waals surface area contributed by atoms with Crippen LogP contribution >= 0.6 is 24.0 Å². The molecule has 3 aliphatic heterocycles. The lowest BCUT2D eigenvalue weighted by Gasteiger charge is -2.23. The molecule has 0 aromatic heterocycles. The Balaban J connectivity index is 1.62. The van der Waals surface area contributed by atoms with Gasteiger partial charge >= 0.3 is 0 Å². The van der Waals surface area contributed by atoms with Crippen LogP contribution in [-0.2, 0) is 14.6 Å². The molecule has 0 saturated carbocycles. The molecule has 0 bridgehead atoms. The van der Waals surface area contributed by atoms with Crippen molar-refractivity contribution < 1.29 is 17.9 Å². The van der Waals surface area contributed by atoms with E-state index in [0.29, 0.717) is 15.6 Å². The first-order valence-electron chi connectivity index (χ1n) is 8.29. The molecular formula is C18H17NO4S3. The van der Waals surface area contributed by atoms with Crippen LogP contribution in [0.1, 0.15) is 18.9 Å². The van der Waals surface area contributed by atoms with Crippen LogP contribution in [0, 0.1) is 0 Å². The average molecular weight is 408 g/mol. The van der Waals surface area contributed by atoms with Crippen molar-refractivity contribution in [2.75, 3.05) is 11.5 Å². The second-order valence-corrected chi connectivity index (χ2v) is 10.5. The summed E-state index contributed by atoms with van der Waals surface area (Å²) in [6.45, 7) is 1.93. The van der Waals surface area contributed by atoms with Gasteiger partial charge in [-0.25, -0.2) is 8.42 Å². The van der Waals surface area contributed by atoms with Crippen molar-refractivity contribution in [2.45, 2.75) is 25.5 Å². The zero-order valence-corrected chi connectivity index (χ0v) is 16.5. The summed E-state index contributed by atoms with van der Waals surface area (Å²) in [4.78, 5) is 14.8. The molecule has 1 aromatic rings. The molecule has 2 saturated heterocycles. The maximum absolute atomic E-state index is 12.8. The second-order valence-electron chi connectivity index (χ2n) is 6.55. The van der Waals surface area contributed by atoms with Crippen molar-refractivity contribution in [1.82, 2.24) is 4.90 Å². The van der Waals surface area contributed by atoms with E-state index in [-0.39, 0.29) is 29.6 Å². The lowest BCUT2D eigenvalue weighted by Crippen LogP contribution is -2.39. The van der Waals surface area contributed by atoms with Crippen molar-refractivity contribution >= 4 is 50.1 Å². The third-order valence-corrected chi connectivity index (χ3v) is 7.79. The van der Waals surface area contributed by atoms with E-state index in [4.69, 9.17) is 17.0 Å². The zero-order chi connectivity index (χ0) is 18.5. The van der Waals surface area contributed by atoms with Gasteiger partial charge in [-0.05, 0) is 37.1 Å². The van der Waals surface area contributed by atoms with Crippen molar-refractivity contribution in [3.63, 3.8) is 0 Å². The molecule has 3 heterocycles. The monoisotopic (exact) mass is 407 g/mol. The number of hydrogen-bond donors (Lipinski definition) is 0. The lowest BCUT2D eigenvalue weighted by molar-refractivity contribution is -0.123. The van der Waals surface area contributed by atoms with E-state index in [1.54, 1.807) is 0 Å². The van der Waals surface area contributed by atoms with Crippen LogP contribution in [0.2, 0.25) is 0 Å². The van der Waals surface area contributed by atoms with Gasteiger partial charge in [-0.1, -0.05) is 42.2 Å². The van der Waals surface area contributed by atoms with Gasteiger partial charge in [-0.3, -0.25) is 9.69 Å². The summed E-state index contributed by atoms with van der Waals surface area (Å²) in [5.41, 5.74) is 1.86. The van der Waals surface area contributed by atoms with Crippen molar-refractivity contribution in [3.05, 3.63) is 46.4 Å². The fourth-order valence-electron chi connectivity index (χ4n) is 3.35. The van der Waals surface area contributed by atoms with E-state index < -0.39 is 9.84 Å². The Kier molecular flexibility index (Phi) is 4.45. The second kappa shape index (κ2) is 6.51. The molecule has 0 spiro atoms. The van der Waals surface area contributed by atoms with Crippen molar-refractivity contribution in [3.8, 4) is 5.75 Å². The number of sulfone groups is 1. The van der Waals surface area contributed by atoms with E-state index in [9.17, 15) is 13.2 Å². The lowest BCUT2D eigenvalue weighted by atomic mass is 10.0. The number of thioether (sulfide) groups is 1. The van der Waals surface area contributed by atoms with E-state index in [1.165, 1.54) is 16.7 Å². The van der Waals surface area contributed by atoms with Gasteiger partial charge in [0.15, 0.2) is 9.84 Å². The van der Waals surface area contributed by atoms with Gasteiger partial charge in [0.25, 0.3) is 5.91 Å². The van der Waals surface area contributed by atoms with Gasteiger partial charge < -0.3 is 4.74 Å². The highest BCUT2D eigenvalue weighted by Crippen LogP contribution is 2.37. The largest absolute Gasteiger partial charge is 0.485 e. The van der Waals surface area contributed by atoms with Crippen LogP contribution in [-0.4, -0.2) is 47.2 Å². The molecule has 3 aliphatic rings. The van der Waals surface area contributed by atoms with E-state index >= 15 is 0 Å². The molecule has 5 nitrogen and oxygen atoms in total. The highest BCUT2D eigenvalue weighted by atomic mass is 32.2. The van der Waals surface area contributed by atoms with Gasteiger partial charge in [0.05, 0.1) is 22.5 Å². The normalized spacial score (nSPS) is 28.9. The van der Waals surface area contributed by atoms with Crippen LogP contribution in [0.25, 0.3) is 6.08 Å². The van der Waals surface area contributed by atoms with Crippen LogP contribution in [0.5, 0.6) is 5.75 Å². The number of thiocarbonyl (C=S) groups is 1. The summed E-state index contributed by atoms with van der Waals surface area (Å²) >= 11 is 6.57. The molecule has 2 unspecified atom stereocenters. The van der Waals surface area contributed by atoms with E-state index in [0.717, 1.165) is 16.9 Å². The molecule has 136 valence electrons. The van der Waals surface area contributed by atoms with Crippen LogP contribution in [0.4, 0.5) is 0 Å². The summed E-state index contributed by atoms with van der Waals surface area (Å²) < 4.78 is 29.8. The molecule has 1 amide bonds. The molecule has 0 radical (unpaired) electrons. The topological polar surface area (TPSA) is 63.7 Å². The summed E-state index contributed by atoms with van der Waals surface area (Å²) in [5.74, 6) is 0.706. The number of benzene rings is 1. The number of rotatable bonds is 2. The number of para-hydroxylation sites is 1. The standard InChI is InChI=1S/C18H17NO4S3/c1-11-13(8-12-4-2-3-5-15(12)23-11)9-16-17(20)19(18(24)25-16)14-6-7-26(21,22)10-14/h2-5,8-9,11,14H,6-7,10H2,1H3. The highest BCUT2D eigenvalue weighted by molar-refractivity contribution is 8.26. The minimum absolute atomic E-state index is 0.0116. The maximum Gasteiger partial charge on any atom is 0.266 e. The number of ether oxygens (including phenoxy) is 1. The molecule has 2 fully saturated rings. The summed E-state index contributed by atoms with van der Waals surface area (Å²) in [6.07, 6.45) is 4.08. The van der Waals surface area contributed by atoms with E-state index in [2.05, 4.69) is 0 Å². The predicted octanol–water partition coefficient (Wildman–Crippen LogP) is 2.78. The van der Waals surface area contributed by atoms with Gasteiger partial charge in [0.2, 0.25) is 0 Å². The minimum Gasteiger partial charge on any atom is -0.485 e. The number of fused-ring (bicyclic) bond motifs is 1. The van der Waals surface area contributed by atoms with E-state index in [1.807, 2.05) is 43.3 Å². The summed E-state index contributed by atoms with van der Waals surface area (Å²) in [5, 5.41) is 0. The molecule has 0 aliphatic carbocycles. The number of amides is 1. The first kappa shape index (κ1) is 17.8. The molecular weight excluding hydrogens is 390 g/mol. The molecule has 8 heteroatoms. The molecule has 0 N–H and O–H groups in total. The molecule has 26 heavy (non-hydrogen) atoms. The quantitative estimate of drug-likeness (QED) is 0.555. The Bertz CT molecular complexity index is 964. The fraction of sp³-hybridized carbons (Fsp3) is 0.333. The first-order chi connectivity index (χ1) is 12.3. The number of nitrogens with zero attached hydrogens (tertiary/aromatic N) is 1. The summed E-state index contributed by atoms with van der Waals surface area (Å²) in [7, 11) is -3.08. The highest BCUT2D eigenvalue weighted by Gasteiger charge is 2.42. The maximum atomic E-state index is 12.8. The molecule has 4 rings (SSSR count). The van der Waals surface area contributed by atoms with Gasteiger partial charge in [-0.2, -0.15) is 0 Å². The van der Waals surface area contributed by atoms with Crippen LogP contribution in [0.3, 0.4) is 0 Å². The molecule has 2 atom stereocenters. The van der Waals surface area contributed by atoms with Gasteiger partial charge in [-0.15, -0.1) is 0 Å². The molecule has 1 aromatic carbocycles. The van der Waals surface area contributed by atoms with Crippen molar-refractivity contribution in [1.29, 1.82) is 0 Å². The third-order valence-electron chi connectivity index (χ3n) is 4.71. The fourth-order valence-corrected chi connectivity index (χ4v) is 6.45. The smallest absolute Gasteiger partial charge is 0.266 e. The minimum atomic E-state index is -3.08. The number of carbonyl (C=O) groups is 1. The Morgan fingerprint density at radius 3 is 2.85 bits per heavy atom.